The Morgan fingerprint density at radius 2 is 2.30 bits per heavy atom. The van der Waals surface area contributed by atoms with Crippen LogP contribution in [0.2, 0.25) is 0 Å². The van der Waals surface area contributed by atoms with Crippen LogP contribution in [0.5, 0.6) is 5.75 Å². The number of rotatable bonds is 6. The summed E-state index contributed by atoms with van der Waals surface area (Å²) < 4.78 is 13.0. The van der Waals surface area contributed by atoms with Gasteiger partial charge in [0.05, 0.1) is 13.2 Å². The molecule has 1 aliphatic heterocycles. The molecule has 30 heavy (non-hydrogen) atoms. The molecule has 1 fully saturated rings. The second-order valence-electron chi connectivity index (χ2n) is 7.62. The third kappa shape index (κ3) is 3.52. The number of carbonyl (C=O) groups excluding carboxylic acids is 1. The highest BCUT2D eigenvalue weighted by molar-refractivity contribution is 5.99. The van der Waals surface area contributed by atoms with Gasteiger partial charge in [-0.15, -0.1) is 0 Å². The predicted molar refractivity (Wildman–Crippen MR) is 116 cm³/mol. The van der Waals surface area contributed by atoms with Crippen LogP contribution in [-0.2, 0) is 16.1 Å². The van der Waals surface area contributed by atoms with E-state index in [0.717, 1.165) is 58.4 Å². The number of amides is 1. The maximum atomic E-state index is 12.6. The summed E-state index contributed by atoms with van der Waals surface area (Å²) in [5, 5.41) is 5.07. The summed E-state index contributed by atoms with van der Waals surface area (Å²) in [6.07, 6.45) is 5.99. The molecule has 2 N–H and O–H groups in total. The zero-order valence-electron chi connectivity index (χ0n) is 16.9. The molecule has 1 atom stereocenters. The summed E-state index contributed by atoms with van der Waals surface area (Å²) in [7, 11) is 1.66. The van der Waals surface area contributed by atoms with Gasteiger partial charge in [-0.1, -0.05) is 0 Å². The van der Waals surface area contributed by atoms with Crippen molar-refractivity contribution in [1.29, 1.82) is 0 Å². The van der Waals surface area contributed by atoms with Crippen LogP contribution >= 0.6 is 0 Å². The Hall–Kier alpha value is -3.32. The Labute approximate surface area is 174 Å². The van der Waals surface area contributed by atoms with Gasteiger partial charge in [0.2, 0.25) is 5.91 Å². The molecule has 4 heterocycles. The van der Waals surface area contributed by atoms with Crippen LogP contribution in [0.1, 0.15) is 12.8 Å². The van der Waals surface area contributed by atoms with Crippen molar-refractivity contribution in [3.63, 3.8) is 0 Å². The number of nitrogens with zero attached hydrogens (tertiary/aromatic N) is 2. The summed E-state index contributed by atoms with van der Waals surface area (Å²) >= 11 is 0. The summed E-state index contributed by atoms with van der Waals surface area (Å²) in [5.41, 5.74) is 3.78. The fourth-order valence-electron chi connectivity index (χ4n) is 4.10. The van der Waals surface area contributed by atoms with Gasteiger partial charge in [0.25, 0.3) is 0 Å². The largest absolute Gasteiger partial charge is 0.497 e. The number of fused-ring (bicyclic) bond motifs is 2. The average molecular weight is 404 g/mol. The Kier molecular flexibility index (Phi) is 4.88. The molecular weight excluding hydrogens is 380 g/mol. The van der Waals surface area contributed by atoms with Gasteiger partial charge in [0.1, 0.15) is 17.9 Å². The fourth-order valence-corrected chi connectivity index (χ4v) is 4.10. The van der Waals surface area contributed by atoms with Crippen molar-refractivity contribution in [3.8, 4) is 17.0 Å². The van der Waals surface area contributed by atoms with Gasteiger partial charge in [0, 0.05) is 53.1 Å². The molecule has 0 aliphatic carbocycles. The van der Waals surface area contributed by atoms with Crippen LogP contribution in [0.25, 0.3) is 33.2 Å². The van der Waals surface area contributed by atoms with Crippen molar-refractivity contribution in [2.24, 2.45) is 0 Å². The SMILES string of the molecule is COc1ccc2c(c1)c(-c1cc3cccnc3[nH]1)cn2CC(=O)NCC1CCCO1. The lowest BCUT2D eigenvalue weighted by atomic mass is 10.1. The number of H-pyrrole nitrogens is 1. The van der Waals surface area contributed by atoms with Crippen molar-refractivity contribution in [1.82, 2.24) is 19.9 Å². The van der Waals surface area contributed by atoms with Gasteiger partial charge in [-0.3, -0.25) is 4.79 Å². The van der Waals surface area contributed by atoms with Gasteiger partial charge in [-0.2, -0.15) is 0 Å². The molecule has 1 aliphatic rings. The molecule has 0 bridgehead atoms. The lowest BCUT2D eigenvalue weighted by Gasteiger charge is -2.11. The van der Waals surface area contributed by atoms with E-state index >= 15 is 0 Å². The number of nitrogens with one attached hydrogen (secondary N) is 2. The highest BCUT2D eigenvalue weighted by Gasteiger charge is 2.18. The van der Waals surface area contributed by atoms with E-state index in [4.69, 9.17) is 9.47 Å². The highest BCUT2D eigenvalue weighted by atomic mass is 16.5. The maximum absolute atomic E-state index is 12.6. The van der Waals surface area contributed by atoms with E-state index in [1.807, 2.05) is 41.1 Å². The quantitative estimate of drug-likeness (QED) is 0.516. The number of carbonyl (C=O) groups is 1. The molecule has 3 aromatic heterocycles. The number of methoxy groups -OCH3 is 1. The summed E-state index contributed by atoms with van der Waals surface area (Å²) in [6, 6.07) is 11.9. The van der Waals surface area contributed by atoms with Crippen LogP contribution in [0.3, 0.4) is 0 Å². The van der Waals surface area contributed by atoms with E-state index in [-0.39, 0.29) is 18.6 Å². The molecule has 1 aromatic carbocycles. The van der Waals surface area contributed by atoms with Crippen LogP contribution in [0.15, 0.2) is 48.8 Å². The first-order valence-electron chi connectivity index (χ1n) is 10.2. The molecule has 4 aromatic rings. The Balaban J connectivity index is 1.48. The lowest BCUT2D eigenvalue weighted by molar-refractivity contribution is -0.122. The van der Waals surface area contributed by atoms with E-state index in [2.05, 4.69) is 21.4 Å². The zero-order valence-corrected chi connectivity index (χ0v) is 16.9. The molecule has 0 saturated carbocycles. The second kappa shape index (κ2) is 7.84. The molecule has 0 radical (unpaired) electrons. The summed E-state index contributed by atoms with van der Waals surface area (Å²) in [4.78, 5) is 20.4. The lowest BCUT2D eigenvalue weighted by Crippen LogP contribution is -2.34. The molecular formula is C23H24N4O3. The van der Waals surface area contributed by atoms with Gasteiger partial charge >= 0.3 is 0 Å². The third-order valence-electron chi connectivity index (χ3n) is 5.64. The summed E-state index contributed by atoms with van der Waals surface area (Å²) in [5.74, 6) is 0.752. The third-order valence-corrected chi connectivity index (χ3v) is 5.64. The van der Waals surface area contributed by atoms with Crippen molar-refractivity contribution in [2.75, 3.05) is 20.3 Å². The highest BCUT2D eigenvalue weighted by Crippen LogP contribution is 2.34. The first kappa shape index (κ1) is 18.7. The minimum absolute atomic E-state index is 0.0249. The number of benzene rings is 1. The minimum Gasteiger partial charge on any atom is -0.497 e. The maximum Gasteiger partial charge on any atom is 0.240 e. The first-order valence-corrected chi connectivity index (χ1v) is 10.2. The Bertz CT molecular complexity index is 1170. The normalized spacial score (nSPS) is 16.4. The van der Waals surface area contributed by atoms with Crippen LogP contribution in [-0.4, -0.2) is 46.8 Å². The van der Waals surface area contributed by atoms with E-state index in [1.54, 1.807) is 13.3 Å². The molecule has 7 heteroatoms. The van der Waals surface area contributed by atoms with E-state index in [9.17, 15) is 4.79 Å². The summed E-state index contributed by atoms with van der Waals surface area (Å²) in [6.45, 7) is 1.59. The van der Waals surface area contributed by atoms with Crippen molar-refractivity contribution in [2.45, 2.75) is 25.5 Å². The van der Waals surface area contributed by atoms with E-state index in [0.29, 0.717) is 6.54 Å². The standard InChI is InChI=1S/C23H24N4O3/c1-29-16-6-7-21-18(11-16)19(20-10-15-4-2-8-24-23(15)26-20)13-27(21)14-22(28)25-12-17-5-3-9-30-17/h2,4,6-8,10-11,13,17H,3,5,9,12,14H2,1H3,(H,24,26)(H,25,28). The predicted octanol–water partition coefficient (Wildman–Crippen LogP) is 3.49. The Morgan fingerprint density at radius 3 is 3.10 bits per heavy atom. The number of hydrogen-bond donors (Lipinski definition) is 2. The fraction of sp³-hybridized carbons (Fsp3) is 0.304. The smallest absolute Gasteiger partial charge is 0.240 e. The number of hydrogen-bond acceptors (Lipinski definition) is 4. The number of aromatic amines is 1. The Morgan fingerprint density at radius 1 is 1.37 bits per heavy atom. The average Bonchev–Trinajstić information content (AvgIpc) is 3.50. The molecule has 1 saturated heterocycles. The van der Waals surface area contributed by atoms with Crippen LogP contribution in [0.4, 0.5) is 0 Å². The van der Waals surface area contributed by atoms with Crippen molar-refractivity contribution in [3.05, 3.63) is 48.8 Å². The van der Waals surface area contributed by atoms with E-state index < -0.39 is 0 Å². The zero-order chi connectivity index (χ0) is 20.5. The molecule has 1 unspecified atom stereocenters. The van der Waals surface area contributed by atoms with Crippen molar-refractivity contribution < 1.29 is 14.3 Å². The van der Waals surface area contributed by atoms with E-state index in [1.165, 1.54) is 0 Å². The van der Waals surface area contributed by atoms with Gasteiger partial charge in [-0.05, 0) is 49.2 Å². The molecule has 7 nitrogen and oxygen atoms in total. The number of aromatic nitrogens is 3. The molecule has 1 amide bonds. The molecule has 154 valence electrons. The molecule has 0 spiro atoms. The number of ether oxygens (including phenoxy) is 2. The number of pyridine rings is 1. The monoisotopic (exact) mass is 404 g/mol. The first-order chi connectivity index (χ1) is 14.7. The van der Waals surface area contributed by atoms with Gasteiger partial charge in [-0.25, -0.2) is 4.98 Å². The van der Waals surface area contributed by atoms with Gasteiger partial charge in [0.15, 0.2) is 0 Å². The second-order valence-corrected chi connectivity index (χ2v) is 7.62. The topological polar surface area (TPSA) is 81.2 Å². The van der Waals surface area contributed by atoms with Gasteiger partial charge < -0.3 is 24.3 Å². The molecule has 5 rings (SSSR count). The minimum atomic E-state index is -0.0249. The van der Waals surface area contributed by atoms with Crippen LogP contribution < -0.4 is 10.1 Å². The van der Waals surface area contributed by atoms with Crippen LogP contribution in [0, 0.1) is 0 Å². The van der Waals surface area contributed by atoms with Crippen molar-refractivity contribution >= 4 is 27.8 Å².